The van der Waals surface area contributed by atoms with E-state index in [4.69, 9.17) is 0 Å². The Morgan fingerprint density at radius 1 is 1.40 bits per heavy atom. The van der Waals surface area contributed by atoms with Gasteiger partial charge in [0.15, 0.2) is 0 Å². The average Bonchev–Trinajstić information content (AvgIpc) is 2.39. The molecule has 1 aliphatic heterocycles. The van der Waals surface area contributed by atoms with Crippen molar-refractivity contribution in [3.63, 3.8) is 0 Å². The molecule has 2 rings (SSSR count). The Kier molecular flexibility index (Phi) is 6.16. The molecule has 1 atom stereocenters. The minimum Gasteiger partial charge on any atom is -0.435 e. The molecule has 1 heterocycles. The number of ether oxygens (including phenoxy) is 1. The molecule has 0 spiro atoms. The van der Waals surface area contributed by atoms with Gasteiger partial charge in [-0.3, -0.25) is 4.79 Å². The first-order valence-electron chi connectivity index (χ1n) is 6.14. The van der Waals surface area contributed by atoms with Gasteiger partial charge in [0.1, 0.15) is 5.75 Å². The van der Waals surface area contributed by atoms with Crippen molar-refractivity contribution in [2.24, 2.45) is 0 Å². The molecule has 1 N–H and O–H groups in total. The monoisotopic (exact) mass is 306 g/mol. The molecule has 1 amide bonds. The summed E-state index contributed by atoms with van der Waals surface area (Å²) in [5.41, 5.74) is 0.482. The van der Waals surface area contributed by atoms with Crippen LogP contribution in [-0.4, -0.2) is 43.1 Å². The van der Waals surface area contributed by atoms with Crippen LogP contribution in [0.15, 0.2) is 24.3 Å². The number of hydrogen-bond donors (Lipinski definition) is 1. The molecule has 0 aliphatic carbocycles. The van der Waals surface area contributed by atoms with Crippen LogP contribution >= 0.6 is 12.4 Å². The van der Waals surface area contributed by atoms with Crippen LogP contribution in [0.4, 0.5) is 8.78 Å². The topological polar surface area (TPSA) is 41.6 Å². The van der Waals surface area contributed by atoms with Crippen molar-refractivity contribution in [1.29, 1.82) is 0 Å². The summed E-state index contributed by atoms with van der Waals surface area (Å²) in [7, 11) is 0. The maximum atomic E-state index is 12.3. The van der Waals surface area contributed by atoms with E-state index in [0.717, 1.165) is 13.1 Å². The van der Waals surface area contributed by atoms with Crippen LogP contribution in [0, 0.1) is 0 Å². The predicted molar refractivity (Wildman–Crippen MR) is 73.7 cm³/mol. The zero-order valence-electron chi connectivity index (χ0n) is 11.0. The van der Waals surface area contributed by atoms with Gasteiger partial charge in [-0.25, -0.2) is 0 Å². The average molecular weight is 307 g/mol. The third kappa shape index (κ3) is 4.05. The normalized spacial score (nSPS) is 18.6. The lowest BCUT2D eigenvalue weighted by atomic mass is 10.1. The first kappa shape index (κ1) is 16.7. The maximum Gasteiger partial charge on any atom is 0.387 e. The highest BCUT2D eigenvalue weighted by atomic mass is 35.5. The number of carbonyl (C=O) groups excluding carboxylic acids is 1. The van der Waals surface area contributed by atoms with E-state index in [1.54, 1.807) is 4.90 Å². The second-order valence-corrected chi connectivity index (χ2v) is 4.45. The highest BCUT2D eigenvalue weighted by molar-refractivity contribution is 5.94. The van der Waals surface area contributed by atoms with Gasteiger partial charge >= 0.3 is 6.61 Å². The fourth-order valence-corrected chi connectivity index (χ4v) is 2.09. The van der Waals surface area contributed by atoms with Crippen LogP contribution in [-0.2, 0) is 0 Å². The van der Waals surface area contributed by atoms with E-state index in [-0.39, 0.29) is 30.1 Å². The first-order valence-corrected chi connectivity index (χ1v) is 6.14. The Balaban J connectivity index is 0.00000200. The second kappa shape index (κ2) is 7.40. The van der Waals surface area contributed by atoms with Gasteiger partial charge in [-0.1, -0.05) is 0 Å². The summed E-state index contributed by atoms with van der Waals surface area (Å²) in [5.74, 6) is -0.0301. The summed E-state index contributed by atoms with van der Waals surface area (Å²) in [4.78, 5) is 14.0. The number of benzene rings is 1. The van der Waals surface area contributed by atoms with E-state index in [1.807, 2.05) is 6.92 Å². The van der Waals surface area contributed by atoms with Crippen LogP contribution in [0.2, 0.25) is 0 Å². The Hall–Kier alpha value is -1.40. The standard InChI is InChI=1S/C13H16F2N2O2.ClH/c1-9-8-16-6-7-17(9)12(18)10-2-4-11(5-3-10)19-13(14)15;/h2-5,9,13,16H,6-8H2,1H3;1H/t9-;/m0./s1. The fraction of sp³-hybridized carbons (Fsp3) is 0.462. The van der Waals surface area contributed by atoms with E-state index in [0.29, 0.717) is 12.1 Å². The summed E-state index contributed by atoms with van der Waals surface area (Å²) < 4.78 is 28.3. The van der Waals surface area contributed by atoms with E-state index < -0.39 is 6.61 Å². The largest absolute Gasteiger partial charge is 0.435 e. The molecule has 0 bridgehead atoms. The predicted octanol–water partition coefficient (Wildman–Crippen LogP) is 2.14. The summed E-state index contributed by atoms with van der Waals surface area (Å²) in [6, 6.07) is 5.90. The molecule has 1 aromatic carbocycles. The number of alkyl halides is 2. The number of carbonyl (C=O) groups is 1. The molecule has 112 valence electrons. The number of nitrogens with zero attached hydrogens (tertiary/aromatic N) is 1. The molecule has 4 nitrogen and oxygen atoms in total. The first-order chi connectivity index (χ1) is 9.08. The van der Waals surface area contributed by atoms with Gasteiger partial charge in [-0.2, -0.15) is 8.78 Å². The SMILES string of the molecule is C[C@H]1CNCCN1C(=O)c1ccc(OC(F)F)cc1.Cl. The molecule has 1 saturated heterocycles. The summed E-state index contributed by atoms with van der Waals surface area (Å²) >= 11 is 0. The Bertz CT molecular complexity index is 443. The Labute approximate surface area is 122 Å². The minimum atomic E-state index is -2.85. The third-order valence-electron chi connectivity index (χ3n) is 3.09. The fourth-order valence-electron chi connectivity index (χ4n) is 2.09. The van der Waals surface area contributed by atoms with Crippen molar-refractivity contribution in [3.05, 3.63) is 29.8 Å². The second-order valence-electron chi connectivity index (χ2n) is 4.45. The number of rotatable bonds is 3. The lowest BCUT2D eigenvalue weighted by Crippen LogP contribution is -2.52. The number of halogens is 3. The van der Waals surface area contributed by atoms with Crippen LogP contribution in [0.3, 0.4) is 0 Å². The molecule has 1 fully saturated rings. The van der Waals surface area contributed by atoms with Crippen molar-refractivity contribution in [2.75, 3.05) is 19.6 Å². The van der Waals surface area contributed by atoms with Crippen molar-refractivity contribution >= 4 is 18.3 Å². The highest BCUT2D eigenvalue weighted by Gasteiger charge is 2.23. The smallest absolute Gasteiger partial charge is 0.387 e. The molecule has 7 heteroatoms. The molecule has 0 unspecified atom stereocenters. The van der Waals surface area contributed by atoms with E-state index in [9.17, 15) is 13.6 Å². The van der Waals surface area contributed by atoms with Crippen LogP contribution in [0.25, 0.3) is 0 Å². The molecule has 20 heavy (non-hydrogen) atoms. The molecular weight excluding hydrogens is 290 g/mol. The molecule has 0 aromatic heterocycles. The van der Waals surface area contributed by atoms with Gasteiger partial charge in [-0.15, -0.1) is 12.4 Å². The molecule has 0 radical (unpaired) electrons. The van der Waals surface area contributed by atoms with Gasteiger partial charge in [0.25, 0.3) is 5.91 Å². The number of nitrogens with one attached hydrogen (secondary N) is 1. The summed E-state index contributed by atoms with van der Waals surface area (Å²) in [5, 5.41) is 3.20. The van der Waals surface area contributed by atoms with Crippen LogP contribution < -0.4 is 10.1 Å². The maximum absolute atomic E-state index is 12.3. The van der Waals surface area contributed by atoms with Crippen molar-refractivity contribution < 1.29 is 18.3 Å². The number of piperazine rings is 1. The Morgan fingerprint density at radius 3 is 2.60 bits per heavy atom. The Morgan fingerprint density at radius 2 is 2.05 bits per heavy atom. The zero-order valence-corrected chi connectivity index (χ0v) is 11.8. The summed E-state index contributed by atoms with van der Waals surface area (Å²) in [6.45, 7) is 1.30. The zero-order chi connectivity index (χ0) is 13.8. The van der Waals surface area contributed by atoms with Crippen molar-refractivity contribution in [2.45, 2.75) is 19.6 Å². The number of amides is 1. The molecule has 1 aromatic rings. The van der Waals surface area contributed by atoms with Crippen molar-refractivity contribution in [3.8, 4) is 5.75 Å². The summed E-state index contributed by atoms with van der Waals surface area (Å²) in [6.07, 6.45) is 0. The van der Waals surface area contributed by atoms with E-state index in [2.05, 4.69) is 10.1 Å². The van der Waals surface area contributed by atoms with Crippen LogP contribution in [0.1, 0.15) is 17.3 Å². The highest BCUT2D eigenvalue weighted by Crippen LogP contribution is 2.17. The van der Waals surface area contributed by atoms with Gasteiger partial charge in [0.05, 0.1) is 0 Å². The minimum absolute atomic E-state index is 0. The van der Waals surface area contributed by atoms with Gasteiger partial charge in [-0.05, 0) is 31.2 Å². The number of hydrogen-bond acceptors (Lipinski definition) is 3. The van der Waals surface area contributed by atoms with Gasteiger partial charge < -0.3 is 15.0 Å². The quantitative estimate of drug-likeness (QED) is 0.930. The van der Waals surface area contributed by atoms with E-state index >= 15 is 0 Å². The van der Waals surface area contributed by atoms with Gasteiger partial charge in [0, 0.05) is 31.2 Å². The van der Waals surface area contributed by atoms with Crippen LogP contribution in [0.5, 0.6) is 5.75 Å². The molecular formula is C13H17ClF2N2O2. The third-order valence-corrected chi connectivity index (χ3v) is 3.09. The van der Waals surface area contributed by atoms with Gasteiger partial charge in [0.2, 0.25) is 0 Å². The lowest BCUT2D eigenvalue weighted by molar-refractivity contribution is -0.0498. The molecule has 1 aliphatic rings. The molecule has 0 saturated carbocycles. The van der Waals surface area contributed by atoms with Crippen molar-refractivity contribution in [1.82, 2.24) is 10.2 Å². The lowest BCUT2D eigenvalue weighted by Gasteiger charge is -2.34. The van der Waals surface area contributed by atoms with E-state index in [1.165, 1.54) is 24.3 Å².